The maximum atomic E-state index is 13.0. The number of ether oxygens (including phenoxy) is 2. The first-order valence-electron chi connectivity index (χ1n) is 10.9. The fourth-order valence-electron chi connectivity index (χ4n) is 4.80. The highest BCUT2D eigenvalue weighted by Gasteiger charge is 2.34. The number of hydrogen-bond acceptors (Lipinski definition) is 5. The molecule has 6 heteroatoms. The Morgan fingerprint density at radius 2 is 1.74 bits per heavy atom. The number of hydrogen-bond donors (Lipinski definition) is 1. The molecule has 1 heterocycles. The predicted octanol–water partition coefficient (Wildman–Crippen LogP) is 3.80. The minimum atomic E-state index is 0.0222. The van der Waals surface area contributed by atoms with Gasteiger partial charge >= 0.3 is 0 Å². The molecule has 1 aliphatic carbocycles. The van der Waals surface area contributed by atoms with Gasteiger partial charge in [0.25, 0.3) is 0 Å². The average molecular weight is 423 g/mol. The molecular weight excluding hydrogens is 392 g/mol. The molecule has 1 fully saturated rings. The van der Waals surface area contributed by atoms with Crippen LogP contribution in [0.4, 0.5) is 5.69 Å². The molecular formula is C25H30N2O4. The summed E-state index contributed by atoms with van der Waals surface area (Å²) >= 11 is 0. The van der Waals surface area contributed by atoms with Gasteiger partial charge in [-0.25, -0.2) is 0 Å². The van der Waals surface area contributed by atoms with Gasteiger partial charge in [-0.1, -0.05) is 18.2 Å². The molecule has 1 aliphatic heterocycles. The second kappa shape index (κ2) is 9.52. The molecule has 1 unspecified atom stereocenters. The molecule has 0 radical (unpaired) electrons. The second-order valence-corrected chi connectivity index (χ2v) is 8.50. The summed E-state index contributed by atoms with van der Waals surface area (Å²) in [5.41, 5.74) is 2.66. The van der Waals surface area contributed by atoms with Crippen molar-refractivity contribution >= 4 is 17.4 Å². The Morgan fingerprint density at radius 1 is 1.06 bits per heavy atom. The normalized spacial score (nSPS) is 19.2. The molecule has 164 valence electrons. The Kier molecular flexibility index (Phi) is 6.56. The summed E-state index contributed by atoms with van der Waals surface area (Å²) in [5.74, 6) is 2.08. The van der Waals surface area contributed by atoms with Gasteiger partial charge in [0.05, 0.1) is 20.8 Å². The van der Waals surface area contributed by atoms with Crippen molar-refractivity contribution in [3.8, 4) is 11.5 Å². The van der Waals surface area contributed by atoms with Crippen LogP contribution in [-0.2, 0) is 11.2 Å². The number of Topliss-reactive ketones (excluding diaryl/α,β-unsaturated/α-hetero) is 1. The number of nitrogens with one attached hydrogen (secondary N) is 1. The third-order valence-electron chi connectivity index (χ3n) is 6.46. The van der Waals surface area contributed by atoms with Gasteiger partial charge in [-0.15, -0.1) is 0 Å². The Labute approximate surface area is 183 Å². The van der Waals surface area contributed by atoms with E-state index in [2.05, 4.69) is 10.2 Å². The van der Waals surface area contributed by atoms with Crippen molar-refractivity contribution in [3.63, 3.8) is 0 Å². The number of carbonyl (C=O) groups excluding carboxylic acids is 2. The number of likely N-dealkylation sites (tertiary alicyclic amines) is 1. The van der Waals surface area contributed by atoms with Crippen LogP contribution in [0.25, 0.3) is 0 Å². The number of para-hydroxylation sites is 1. The number of methoxy groups -OCH3 is 2. The lowest BCUT2D eigenvalue weighted by Crippen LogP contribution is -2.39. The zero-order valence-electron chi connectivity index (χ0n) is 18.2. The highest BCUT2D eigenvalue weighted by Crippen LogP contribution is 2.39. The van der Waals surface area contributed by atoms with Crippen molar-refractivity contribution in [3.05, 3.63) is 53.6 Å². The Balaban J connectivity index is 1.27. The van der Waals surface area contributed by atoms with Gasteiger partial charge in [-0.3, -0.25) is 14.5 Å². The van der Waals surface area contributed by atoms with E-state index in [1.165, 1.54) is 0 Å². The van der Waals surface area contributed by atoms with Crippen LogP contribution < -0.4 is 14.8 Å². The van der Waals surface area contributed by atoms with Crippen molar-refractivity contribution in [2.45, 2.75) is 25.7 Å². The number of nitrogens with zero attached hydrogens (tertiary/aromatic N) is 1. The number of amides is 1. The first kappa shape index (κ1) is 21.4. The summed E-state index contributed by atoms with van der Waals surface area (Å²) in [6, 6.07) is 13.3. The molecule has 0 aromatic heterocycles. The van der Waals surface area contributed by atoms with Gasteiger partial charge < -0.3 is 14.8 Å². The van der Waals surface area contributed by atoms with Crippen LogP contribution in [0.2, 0.25) is 0 Å². The number of ketones is 1. The van der Waals surface area contributed by atoms with Gasteiger partial charge in [0.2, 0.25) is 5.91 Å². The van der Waals surface area contributed by atoms with Crippen LogP contribution in [0.15, 0.2) is 42.5 Å². The molecule has 2 aliphatic rings. The number of piperidine rings is 1. The Morgan fingerprint density at radius 3 is 2.42 bits per heavy atom. The number of rotatable bonds is 7. The number of carbonyl (C=O) groups is 2. The van der Waals surface area contributed by atoms with Crippen molar-refractivity contribution in [2.75, 3.05) is 39.2 Å². The summed E-state index contributed by atoms with van der Waals surface area (Å²) in [4.78, 5) is 27.5. The Bertz CT molecular complexity index is 936. The molecule has 0 bridgehead atoms. The third kappa shape index (κ3) is 4.90. The van der Waals surface area contributed by atoms with Crippen molar-refractivity contribution in [1.82, 2.24) is 4.90 Å². The lowest BCUT2D eigenvalue weighted by atomic mass is 9.85. The first-order valence-corrected chi connectivity index (χ1v) is 10.9. The number of fused-ring (bicyclic) bond motifs is 1. The standard InChI is InChI=1S/C25H30N2O4/c1-30-22-14-18-13-19(25(29)21(18)15-23(22)31-2)12-17-8-10-27(11-9-17)16-24(28)26-20-6-4-3-5-7-20/h3-7,14-15,17,19H,8-13,16H2,1-2H3,(H,26,28). The van der Waals surface area contributed by atoms with Gasteiger partial charge in [-0.05, 0) is 74.5 Å². The van der Waals surface area contributed by atoms with E-state index >= 15 is 0 Å². The highest BCUT2D eigenvalue weighted by atomic mass is 16.5. The average Bonchev–Trinajstić information content (AvgIpc) is 3.09. The minimum absolute atomic E-state index is 0.0222. The van der Waals surface area contributed by atoms with E-state index in [0.29, 0.717) is 24.0 Å². The zero-order chi connectivity index (χ0) is 21.8. The molecule has 1 amide bonds. The zero-order valence-corrected chi connectivity index (χ0v) is 18.2. The summed E-state index contributed by atoms with van der Waals surface area (Å²) in [6.45, 7) is 2.19. The molecule has 1 atom stereocenters. The van der Waals surface area contributed by atoms with Crippen LogP contribution in [-0.4, -0.2) is 50.4 Å². The van der Waals surface area contributed by atoms with Crippen molar-refractivity contribution < 1.29 is 19.1 Å². The molecule has 0 saturated carbocycles. The van der Waals surface area contributed by atoms with E-state index in [9.17, 15) is 9.59 Å². The van der Waals surface area contributed by atoms with Crippen LogP contribution in [0.5, 0.6) is 11.5 Å². The molecule has 1 saturated heterocycles. The molecule has 2 aromatic carbocycles. The Hall–Kier alpha value is -2.86. The monoisotopic (exact) mass is 422 g/mol. The second-order valence-electron chi connectivity index (χ2n) is 8.50. The van der Waals surface area contributed by atoms with Crippen LogP contribution >= 0.6 is 0 Å². The van der Waals surface area contributed by atoms with Gasteiger partial charge in [0, 0.05) is 17.2 Å². The quantitative estimate of drug-likeness (QED) is 0.735. The SMILES string of the molecule is COc1cc2c(cc1OC)C(=O)C(CC1CCN(CC(=O)Nc3ccccc3)CC1)C2. The summed E-state index contributed by atoms with van der Waals surface area (Å²) in [5, 5.41) is 2.95. The van der Waals surface area contributed by atoms with E-state index in [1.54, 1.807) is 14.2 Å². The first-order chi connectivity index (χ1) is 15.1. The maximum Gasteiger partial charge on any atom is 0.238 e. The smallest absolute Gasteiger partial charge is 0.238 e. The summed E-state index contributed by atoms with van der Waals surface area (Å²) < 4.78 is 10.7. The lowest BCUT2D eigenvalue weighted by Gasteiger charge is -2.32. The maximum absolute atomic E-state index is 13.0. The minimum Gasteiger partial charge on any atom is -0.493 e. The third-order valence-corrected chi connectivity index (χ3v) is 6.46. The predicted molar refractivity (Wildman–Crippen MR) is 120 cm³/mol. The van der Waals surface area contributed by atoms with E-state index in [-0.39, 0.29) is 17.6 Å². The topological polar surface area (TPSA) is 67.9 Å². The molecule has 2 aromatic rings. The van der Waals surface area contributed by atoms with Gasteiger partial charge in [0.1, 0.15) is 0 Å². The fraction of sp³-hybridized carbons (Fsp3) is 0.440. The van der Waals surface area contributed by atoms with Gasteiger partial charge in [-0.2, -0.15) is 0 Å². The summed E-state index contributed by atoms with van der Waals surface area (Å²) in [6.07, 6.45) is 3.72. The van der Waals surface area contributed by atoms with E-state index < -0.39 is 0 Å². The van der Waals surface area contributed by atoms with Crippen LogP contribution in [0.1, 0.15) is 35.2 Å². The molecule has 1 N–H and O–H groups in total. The van der Waals surface area contributed by atoms with Crippen LogP contribution in [0.3, 0.4) is 0 Å². The molecule has 4 rings (SSSR count). The number of anilines is 1. The van der Waals surface area contributed by atoms with Crippen molar-refractivity contribution in [1.29, 1.82) is 0 Å². The van der Waals surface area contributed by atoms with E-state index in [1.807, 2.05) is 42.5 Å². The number of benzene rings is 2. The van der Waals surface area contributed by atoms with Crippen molar-refractivity contribution in [2.24, 2.45) is 11.8 Å². The van der Waals surface area contributed by atoms with E-state index in [4.69, 9.17) is 9.47 Å². The highest BCUT2D eigenvalue weighted by molar-refractivity contribution is 6.03. The van der Waals surface area contributed by atoms with E-state index in [0.717, 1.165) is 55.6 Å². The fourth-order valence-corrected chi connectivity index (χ4v) is 4.80. The molecule has 31 heavy (non-hydrogen) atoms. The van der Waals surface area contributed by atoms with Crippen LogP contribution in [0, 0.1) is 11.8 Å². The molecule has 6 nitrogen and oxygen atoms in total. The summed E-state index contributed by atoms with van der Waals surface area (Å²) in [7, 11) is 3.21. The van der Waals surface area contributed by atoms with Gasteiger partial charge in [0.15, 0.2) is 17.3 Å². The largest absolute Gasteiger partial charge is 0.493 e. The molecule has 0 spiro atoms. The lowest BCUT2D eigenvalue weighted by molar-refractivity contribution is -0.117.